The molecule has 1 heterocycles. The number of nitrogens with zero attached hydrogens (tertiary/aromatic N) is 1. The van der Waals surface area contributed by atoms with Crippen LogP contribution in [0.4, 0.5) is 0 Å². The molecule has 0 radical (unpaired) electrons. The third-order valence-electron chi connectivity index (χ3n) is 5.08. The maximum atomic E-state index is 13.4. The summed E-state index contributed by atoms with van der Waals surface area (Å²) in [5.41, 5.74) is 0.627. The minimum Gasteiger partial charge on any atom is -0.505 e. The number of fused-ring (bicyclic) bond motifs is 1. The fraction of sp³-hybridized carbons (Fsp3) is 0.0833. The van der Waals surface area contributed by atoms with E-state index in [2.05, 4.69) is 5.32 Å². The number of ketones is 1. The molecule has 2 N–H and O–H groups in total. The number of rotatable bonds is 6. The summed E-state index contributed by atoms with van der Waals surface area (Å²) < 4.78 is 27.4. The normalized spacial score (nSPS) is 14.6. The number of benzene rings is 3. The molecular formula is C24H20N2O5S. The van der Waals surface area contributed by atoms with Crippen molar-refractivity contribution >= 4 is 27.5 Å². The maximum absolute atomic E-state index is 13.4. The fourth-order valence-electron chi connectivity index (χ4n) is 3.46. The van der Waals surface area contributed by atoms with Gasteiger partial charge < -0.3 is 10.4 Å². The second kappa shape index (κ2) is 8.68. The first-order valence-electron chi connectivity index (χ1n) is 9.85. The van der Waals surface area contributed by atoms with E-state index >= 15 is 0 Å². The highest BCUT2D eigenvalue weighted by atomic mass is 32.2. The zero-order valence-electron chi connectivity index (χ0n) is 16.9. The molecule has 0 aromatic heterocycles. The van der Waals surface area contributed by atoms with E-state index in [1.54, 1.807) is 48.5 Å². The second-order valence-corrected chi connectivity index (χ2v) is 8.99. The van der Waals surface area contributed by atoms with Gasteiger partial charge in [0.1, 0.15) is 0 Å². The Morgan fingerprint density at radius 2 is 1.44 bits per heavy atom. The number of aliphatic hydroxyl groups excluding tert-OH is 1. The van der Waals surface area contributed by atoms with Gasteiger partial charge in [-0.25, -0.2) is 12.7 Å². The third-order valence-corrected chi connectivity index (χ3v) is 6.88. The molecule has 0 bridgehead atoms. The van der Waals surface area contributed by atoms with Crippen LogP contribution in [0.15, 0.2) is 95.5 Å². The number of nitrogens with one attached hydrogen (secondary N) is 1. The van der Waals surface area contributed by atoms with Gasteiger partial charge in [0.15, 0.2) is 17.2 Å². The number of sulfonamides is 1. The highest BCUT2D eigenvalue weighted by Crippen LogP contribution is 2.35. The van der Waals surface area contributed by atoms with Crippen LogP contribution in [-0.4, -0.2) is 36.1 Å². The molecule has 1 aliphatic heterocycles. The van der Waals surface area contributed by atoms with Gasteiger partial charge in [0, 0.05) is 17.7 Å². The van der Waals surface area contributed by atoms with Gasteiger partial charge in [0.25, 0.3) is 15.9 Å². The SMILES string of the molecule is O=C(NCc1ccccc1)C1=C(O)c2ccccc2S(=O)(=O)N1CC(=O)c1ccccc1. The van der Waals surface area contributed by atoms with Crippen molar-refractivity contribution in [3.8, 4) is 0 Å². The third kappa shape index (κ3) is 4.00. The number of aliphatic hydroxyl groups is 1. The lowest BCUT2D eigenvalue weighted by molar-refractivity contribution is -0.118. The Hall–Kier alpha value is -3.91. The number of hydrogen-bond donors (Lipinski definition) is 2. The molecule has 0 fully saturated rings. The molecule has 0 saturated heterocycles. The molecule has 162 valence electrons. The standard InChI is InChI=1S/C24H20N2O5S/c27-20(18-11-5-2-6-12-18)16-26-22(24(29)25-15-17-9-3-1-4-10-17)23(28)19-13-7-8-14-21(19)32(26,30)31/h1-14,28H,15-16H2,(H,25,29). The Labute approximate surface area is 185 Å². The number of carbonyl (C=O) groups is 2. The van der Waals surface area contributed by atoms with Gasteiger partial charge in [-0.2, -0.15) is 0 Å². The van der Waals surface area contributed by atoms with Gasteiger partial charge in [-0.15, -0.1) is 0 Å². The Bertz CT molecular complexity index is 1300. The number of amides is 1. The van der Waals surface area contributed by atoms with E-state index in [1.165, 1.54) is 18.2 Å². The first kappa shape index (κ1) is 21.3. The van der Waals surface area contributed by atoms with Crippen molar-refractivity contribution in [1.29, 1.82) is 0 Å². The van der Waals surface area contributed by atoms with Gasteiger partial charge in [-0.3, -0.25) is 9.59 Å². The second-order valence-electron chi connectivity index (χ2n) is 7.16. The predicted octanol–water partition coefficient (Wildman–Crippen LogP) is 3.12. The Balaban J connectivity index is 1.73. The molecule has 8 heteroatoms. The van der Waals surface area contributed by atoms with Crippen molar-refractivity contribution in [2.45, 2.75) is 11.4 Å². The van der Waals surface area contributed by atoms with Crippen molar-refractivity contribution in [3.05, 3.63) is 107 Å². The van der Waals surface area contributed by atoms with Crippen molar-refractivity contribution in [2.75, 3.05) is 6.54 Å². The lowest BCUT2D eigenvalue weighted by Crippen LogP contribution is -2.44. The fourth-order valence-corrected chi connectivity index (χ4v) is 5.09. The van der Waals surface area contributed by atoms with Crippen molar-refractivity contribution < 1.29 is 23.1 Å². The molecule has 0 atom stereocenters. The minimum absolute atomic E-state index is 0.0146. The molecule has 0 unspecified atom stereocenters. The van der Waals surface area contributed by atoms with Crippen LogP contribution in [0.2, 0.25) is 0 Å². The van der Waals surface area contributed by atoms with Gasteiger partial charge >= 0.3 is 0 Å². The molecule has 0 aliphatic carbocycles. The monoisotopic (exact) mass is 448 g/mol. The summed E-state index contributed by atoms with van der Waals surface area (Å²) in [6.07, 6.45) is 0. The van der Waals surface area contributed by atoms with Gasteiger partial charge in [-0.1, -0.05) is 72.8 Å². The summed E-state index contributed by atoms with van der Waals surface area (Å²) in [6.45, 7) is -0.503. The van der Waals surface area contributed by atoms with E-state index in [0.717, 1.165) is 5.56 Å². The quantitative estimate of drug-likeness (QED) is 0.564. The van der Waals surface area contributed by atoms with Crippen LogP contribution in [0.3, 0.4) is 0 Å². The van der Waals surface area contributed by atoms with Crippen molar-refractivity contribution in [3.63, 3.8) is 0 Å². The summed E-state index contributed by atoms with van der Waals surface area (Å²) in [5.74, 6) is -1.80. The molecule has 7 nitrogen and oxygen atoms in total. The Morgan fingerprint density at radius 3 is 2.12 bits per heavy atom. The van der Waals surface area contributed by atoms with Crippen LogP contribution < -0.4 is 5.32 Å². The van der Waals surface area contributed by atoms with Gasteiger partial charge in [-0.05, 0) is 17.7 Å². The number of hydrogen-bond acceptors (Lipinski definition) is 5. The van der Waals surface area contributed by atoms with Crippen molar-refractivity contribution in [2.24, 2.45) is 0 Å². The molecule has 1 amide bonds. The number of Topliss-reactive ketones (excluding diaryl/α,β-unsaturated/α-hetero) is 1. The van der Waals surface area contributed by atoms with Crippen molar-refractivity contribution in [1.82, 2.24) is 9.62 Å². The van der Waals surface area contributed by atoms with E-state index in [0.29, 0.717) is 9.87 Å². The van der Waals surface area contributed by atoms with E-state index < -0.39 is 39.7 Å². The number of carbonyl (C=O) groups excluding carboxylic acids is 2. The zero-order valence-corrected chi connectivity index (χ0v) is 17.7. The lowest BCUT2D eigenvalue weighted by Gasteiger charge is -2.31. The topological polar surface area (TPSA) is 104 Å². The summed E-state index contributed by atoms with van der Waals surface area (Å²) in [4.78, 5) is 25.7. The zero-order chi connectivity index (χ0) is 22.7. The minimum atomic E-state index is -4.26. The molecule has 3 aromatic carbocycles. The summed E-state index contributed by atoms with van der Waals surface area (Å²) in [6, 6.07) is 23.1. The van der Waals surface area contributed by atoms with Gasteiger partial charge in [0.2, 0.25) is 0 Å². The van der Waals surface area contributed by atoms with E-state index in [1.807, 2.05) is 18.2 Å². The predicted molar refractivity (Wildman–Crippen MR) is 119 cm³/mol. The van der Waals surface area contributed by atoms with Crippen LogP contribution in [-0.2, 0) is 21.4 Å². The summed E-state index contributed by atoms with van der Waals surface area (Å²) in [5, 5.41) is 13.5. The first-order chi connectivity index (χ1) is 15.4. The van der Waals surface area contributed by atoms with Crippen LogP contribution in [0.5, 0.6) is 0 Å². The van der Waals surface area contributed by atoms with Gasteiger partial charge in [0.05, 0.1) is 11.4 Å². The maximum Gasteiger partial charge on any atom is 0.272 e. The van der Waals surface area contributed by atoms with Crippen LogP contribution in [0.25, 0.3) is 5.76 Å². The Morgan fingerprint density at radius 1 is 0.844 bits per heavy atom. The largest absolute Gasteiger partial charge is 0.505 e. The lowest BCUT2D eigenvalue weighted by atomic mass is 10.1. The molecule has 0 spiro atoms. The smallest absolute Gasteiger partial charge is 0.272 e. The van der Waals surface area contributed by atoms with E-state index in [4.69, 9.17) is 0 Å². The average Bonchev–Trinajstić information content (AvgIpc) is 2.82. The molecule has 32 heavy (non-hydrogen) atoms. The molecule has 0 saturated carbocycles. The van der Waals surface area contributed by atoms with Crippen LogP contribution in [0, 0.1) is 0 Å². The van der Waals surface area contributed by atoms with E-state index in [9.17, 15) is 23.1 Å². The molecule has 4 rings (SSSR count). The molecular weight excluding hydrogens is 428 g/mol. The summed E-state index contributed by atoms with van der Waals surface area (Å²) >= 11 is 0. The van der Waals surface area contributed by atoms with E-state index in [-0.39, 0.29) is 17.0 Å². The van der Waals surface area contributed by atoms with Crippen LogP contribution in [0.1, 0.15) is 21.5 Å². The highest BCUT2D eigenvalue weighted by Gasteiger charge is 2.41. The summed E-state index contributed by atoms with van der Waals surface area (Å²) in [7, 11) is -4.26. The van der Waals surface area contributed by atoms with Crippen LogP contribution >= 0.6 is 0 Å². The molecule has 1 aliphatic rings. The highest BCUT2D eigenvalue weighted by molar-refractivity contribution is 7.89. The Kier molecular flexibility index (Phi) is 5.79. The first-order valence-corrected chi connectivity index (χ1v) is 11.3. The molecule has 3 aromatic rings. The average molecular weight is 449 g/mol.